The monoisotopic (exact) mass is 412 g/mol. The third kappa shape index (κ3) is 3.76. The van der Waals surface area contributed by atoms with E-state index in [2.05, 4.69) is 71.1 Å². The lowest BCUT2D eigenvalue weighted by Gasteiger charge is -2.32. The number of nitrogens with zero attached hydrogens (tertiary/aromatic N) is 3. The molecule has 0 unspecified atom stereocenters. The van der Waals surface area contributed by atoms with E-state index >= 15 is 0 Å². The highest BCUT2D eigenvalue weighted by Gasteiger charge is 2.27. The average molecular weight is 413 g/mol. The van der Waals surface area contributed by atoms with E-state index in [0.29, 0.717) is 5.92 Å². The summed E-state index contributed by atoms with van der Waals surface area (Å²) in [6.45, 7) is 6.01. The molecule has 0 spiro atoms. The van der Waals surface area contributed by atoms with E-state index in [-0.39, 0.29) is 11.8 Å². The number of carbonyl (C=O) groups is 1. The molecular formula is C26H28N4O. The molecule has 158 valence electrons. The maximum absolute atomic E-state index is 12.8. The van der Waals surface area contributed by atoms with Gasteiger partial charge in [0, 0.05) is 30.9 Å². The minimum atomic E-state index is 0.0317. The molecule has 0 aliphatic carbocycles. The number of benzene rings is 2. The van der Waals surface area contributed by atoms with Crippen molar-refractivity contribution in [2.45, 2.75) is 32.6 Å². The van der Waals surface area contributed by atoms with Crippen molar-refractivity contribution in [3.63, 3.8) is 0 Å². The van der Waals surface area contributed by atoms with Gasteiger partial charge in [-0.3, -0.25) is 4.79 Å². The minimum Gasteiger partial charge on any atom is -0.355 e. The van der Waals surface area contributed by atoms with Crippen LogP contribution in [0.4, 0.5) is 11.5 Å². The summed E-state index contributed by atoms with van der Waals surface area (Å²) in [5.74, 6) is 1.65. The second-order valence-corrected chi connectivity index (χ2v) is 8.71. The van der Waals surface area contributed by atoms with Crippen molar-refractivity contribution in [3.8, 4) is 0 Å². The summed E-state index contributed by atoms with van der Waals surface area (Å²) in [4.78, 5) is 20.1. The quantitative estimate of drug-likeness (QED) is 0.484. The summed E-state index contributed by atoms with van der Waals surface area (Å²) in [5, 5.41) is 3.10. The molecule has 31 heavy (non-hydrogen) atoms. The number of aromatic nitrogens is 2. The first-order valence-electron chi connectivity index (χ1n) is 11.1. The van der Waals surface area contributed by atoms with Gasteiger partial charge < -0.3 is 14.6 Å². The van der Waals surface area contributed by atoms with Gasteiger partial charge in [0.15, 0.2) is 5.82 Å². The standard InChI is InChI=1S/C26H28N4O/c1-18(2)19-9-11-21(12-10-19)27-26(31)20-13-16-29(17-14-20)25-24-8-5-15-30(24)23-7-4-3-6-22(23)28-25/h3-12,15,18,20H,13-14,16-17H2,1-2H3,(H,27,31). The second kappa shape index (κ2) is 8.06. The molecule has 5 nitrogen and oxygen atoms in total. The van der Waals surface area contributed by atoms with E-state index < -0.39 is 0 Å². The highest BCUT2D eigenvalue weighted by Crippen LogP contribution is 2.29. The number of fused-ring (bicyclic) bond motifs is 3. The van der Waals surface area contributed by atoms with Crippen LogP contribution >= 0.6 is 0 Å². The molecule has 1 aliphatic rings. The van der Waals surface area contributed by atoms with Crippen molar-refractivity contribution in [2.24, 2.45) is 5.92 Å². The topological polar surface area (TPSA) is 49.6 Å². The van der Waals surface area contributed by atoms with E-state index in [4.69, 9.17) is 4.98 Å². The van der Waals surface area contributed by atoms with Crippen molar-refractivity contribution in [3.05, 3.63) is 72.4 Å². The predicted molar refractivity (Wildman–Crippen MR) is 127 cm³/mol. The van der Waals surface area contributed by atoms with Crippen molar-refractivity contribution in [1.82, 2.24) is 9.38 Å². The van der Waals surface area contributed by atoms with Crippen molar-refractivity contribution < 1.29 is 4.79 Å². The van der Waals surface area contributed by atoms with E-state index in [1.165, 1.54) is 5.56 Å². The normalized spacial score (nSPS) is 15.1. The Morgan fingerprint density at radius 2 is 1.68 bits per heavy atom. The maximum atomic E-state index is 12.8. The fraction of sp³-hybridized carbons (Fsp3) is 0.308. The molecule has 5 heteroatoms. The summed E-state index contributed by atoms with van der Waals surface area (Å²) in [7, 11) is 0. The Hall–Kier alpha value is -3.34. The second-order valence-electron chi connectivity index (χ2n) is 8.71. The first-order valence-corrected chi connectivity index (χ1v) is 11.1. The van der Waals surface area contributed by atoms with Crippen LogP contribution in [-0.2, 0) is 4.79 Å². The van der Waals surface area contributed by atoms with Crippen LogP contribution in [0.2, 0.25) is 0 Å². The smallest absolute Gasteiger partial charge is 0.227 e. The summed E-state index contributed by atoms with van der Waals surface area (Å²) in [5.41, 5.74) is 5.38. The van der Waals surface area contributed by atoms with Gasteiger partial charge in [-0.25, -0.2) is 4.98 Å². The van der Waals surface area contributed by atoms with Gasteiger partial charge >= 0.3 is 0 Å². The number of anilines is 2. The van der Waals surface area contributed by atoms with E-state index in [1.807, 2.05) is 24.3 Å². The Morgan fingerprint density at radius 1 is 0.968 bits per heavy atom. The summed E-state index contributed by atoms with van der Waals surface area (Å²) < 4.78 is 2.21. The Kier molecular flexibility index (Phi) is 5.10. The Morgan fingerprint density at radius 3 is 2.42 bits per heavy atom. The van der Waals surface area contributed by atoms with Crippen molar-refractivity contribution in [2.75, 3.05) is 23.3 Å². The molecule has 0 saturated carbocycles. The number of hydrogen-bond acceptors (Lipinski definition) is 3. The number of piperidine rings is 1. The van der Waals surface area contributed by atoms with Gasteiger partial charge in [0.05, 0.1) is 16.6 Å². The maximum Gasteiger partial charge on any atom is 0.227 e. The molecule has 1 N–H and O–H groups in total. The number of nitrogens with one attached hydrogen (secondary N) is 1. The lowest BCUT2D eigenvalue weighted by atomic mass is 9.95. The lowest BCUT2D eigenvalue weighted by Crippen LogP contribution is -2.38. The fourth-order valence-corrected chi connectivity index (χ4v) is 4.49. The highest BCUT2D eigenvalue weighted by atomic mass is 16.1. The zero-order valence-electron chi connectivity index (χ0n) is 18.1. The molecule has 1 saturated heterocycles. The van der Waals surface area contributed by atoms with Crippen molar-refractivity contribution in [1.29, 1.82) is 0 Å². The van der Waals surface area contributed by atoms with Gasteiger partial charge in [-0.15, -0.1) is 0 Å². The van der Waals surface area contributed by atoms with E-state index in [9.17, 15) is 4.79 Å². The zero-order valence-corrected chi connectivity index (χ0v) is 18.1. The minimum absolute atomic E-state index is 0.0317. The first kappa shape index (κ1) is 19.6. The summed E-state index contributed by atoms with van der Waals surface area (Å²) in [6.07, 6.45) is 3.75. The van der Waals surface area contributed by atoms with Crippen LogP contribution in [0.1, 0.15) is 38.2 Å². The van der Waals surface area contributed by atoms with Crippen LogP contribution in [0.25, 0.3) is 16.6 Å². The SMILES string of the molecule is CC(C)c1ccc(NC(=O)C2CCN(c3nc4ccccc4n4cccc34)CC2)cc1. The third-order valence-electron chi connectivity index (χ3n) is 6.36. The zero-order chi connectivity index (χ0) is 21.4. The van der Waals surface area contributed by atoms with Gasteiger partial charge in [0.1, 0.15) is 0 Å². The number of hydrogen-bond donors (Lipinski definition) is 1. The number of amides is 1. The van der Waals surface area contributed by atoms with Crippen LogP contribution in [-0.4, -0.2) is 28.4 Å². The van der Waals surface area contributed by atoms with Gasteiger partial charge in [-0.2, -0.15) is 0 Å². The average Bonchev–Trinajstić information content (AvgIpc) is 3.29. The van der Waals surface area contributed by atoms with Crippen LogP contribution in [0.15, 0.2) is 66.9 Å². The van der Waals surface area contributed by atoms with Crippen LogP contribution in [0.5, 0.6) is 0 Å². The van der Waals surface area contributed by atoms with Gasteiger partial charge in [-0.1, -0.05) is 38.1 Å². The predicted octanol–water partition coefficient (Wildman–Crippen LogP) is 5.47. The number of rotatable bonds is 4. The Labute approximate surface area is 182 Å². The van der Waals surface area contributed by atoms with E-state index in [0.717, 1.165) is 54.0 Å². The molecule has 0 radical (unpaired) electrons. The lowest BCUT2D eigenvalue weighted by molar-refractivity contribution is -0.120. The summed E-state index contributed by atoms with van der Waals surface area (Å²) >= 11 is 0. The van der Waals surface area contributed by atoms with Crippen molar-refractivity contribution >= 4 is 34.0 Å². The molecule has 3 heterocycles. The largest absolute Gasteiger partial charge is 0.355 e. The fourth-order valence-electron chi connectivity index (χ4n) is 4.49. The molecule has 5 rings (SSSR count). The van der Waals surface area contributed by atoms with Crippen LogP contribution < -0.4 is 10.2 Å². The van der Waals surface area contributed by atoms with Gasteiger partial charge in [-0.05, 0) is 60.7 Å². The van der Waals surface area contributed by atoms with E-state index in [1.54, 1.807) is 0 Å². The molecule has 2 aromatic heterocycles. The Bertz CT molecular complexity index is 1220. The Balaban J connectivity index is 1.29. The van der Waals surface area contributed by atoms with Crippen LogP contribution in [0, 0.1) is 5.92 Å². The van der Waals surface area contributed by atoms with Gasteiger partial charge in [0.2, 0.25) is 5.91 Å². The molecule has 2 aromatic carbocycles. The number of carbonyl (C=O) groups excluding carboxylic acids is 1. The molecule has 0 atom stereocenters. The van der Waals surface area contributed by atoms with Crippen LogP contribution in [0.3, 0.4) is 0 Å². The number of para-hydroxylation sites is 2. The molecule has 1 aliphatic heterocycles. The first-order chi connectivity index (χ1) is 15.1. The molecule has 1 amide bonds. The third-order valence-corrected chi connectivity index (χ3v) is 6.36. The molecular weight excluding hydrogens is 384 g/mol. The molecule has 1 fully saturated rings. The molecule has 4 aromatic rings. The molecule has 0 bridgehead atoms. The highest BCUT2D eigenvalue weighted by molar-refractivity contribution is 5.93. The van der Waals surface area contributed by atoms with Gasteiger partial charge in [0.25, 0.3) is 0 Å². The summed E-state index contributed by atoms with van der Waals surface area (Å²) in [6, 6.07) is 20.6.